The molecule has 0 fully saturated rings. The average Bonchev–Trinajstić information content (AvgIpc) is 3.03. The van der Waals surface area contributed by atoms with Gasteiger partial charge in [-0.15, -0.1) is 0 Å². The first-order chi connectivity index (χ1) is 12.0. The van der Waals surface area contributed by atoms with Crippen molar-refractivity contribution in [1.29, 1.82) is 0 Å². The third kappa shape index (κ3) is 2.39. The fourth-order valence-corrected chi connectivity index (χ4v) is 3.52. The highest BCUT2D eigenvalue weighted by Gasteiger charge is 2.36. The second kappa shape index (κ2) is 5.79. The number of aromatic nitrogens is 1. The number of halogens is 1. The molecular weight excluding hydrogens is 402 g/mol. The van der Waals surface area contributed by atoms with Crippen LogP contribution in [0.25, 0.3) is 10.9 Å². The number of nitrogens with zero attached hydrogens (tertiary/aromatic N) is 3. The molecule has 7 heteroatoms. The minimum atomic E-state index is -0.348. The van der Waals surface area contributed by atoms with E-state index in [-0.39, 0.29) is 22.6 Å². The van der Waals surface area contributed by atoms with E-state index in [0.717, 1.165) is 15.4 Å². The van der Waals surface area contributed by atoms with Crippen LogP contribution in [0.2, 0.25) is 0 Å². The van der Waals surface area contributed by atoms with Crippen molar-refractivity contribution in [2.75, 3.05) is 4.90 Å². The number of fused-ring (bicyclic) bond motifs is 1. The smallest absolute Gasteiger partial charge is 0.284 e. The molecule has 4 rings (SSSR count). The number of aromatic hydroxyl groups is 1. The topological polar surface area (TPSA) is 57.8 Å². The Labute approximate surface area is 157 Å². The van der Waals surface area contributed by atoms with Crippen molar-refractivity contribution in [3.8, 4) is 5.88 Å². The summed E-state index contributed by atoms with van der Waals surface area (Å²) in [5, 5.41) is 11.5. The molecule has 0 aliphatic carbocycles. The number of hydrogen-bond acceptors (Lipinski definition) is 3. The van der Waals surface area contributed by atoms with Crippen LogP contribution in [0.1, 0.15) is 5.56 Å². The van der Waals surface area contributed by atoms with Gasteiger partial charge in [0.15, 0.2) is 0 Å². The Bertz CT molecular complexity index is 1070. The summed E-state index contributed by atoms with van der Waals surface area (Å²) in [7, 11) is 1.74. The first kappa shape index (κ1) is 16.0. The lowest BCUT2D eigenvalue weighted by Gasteiger charge is -2.14. The highest BCUT2D eigenvalue weighted by Crippen LogP contribution is 2.33. The van der Waals surface area contributed by atoms with E-state index < -0.39 is 0 Å². The summed E-state index contributed by atoms with van der Waals surface area (Å²) in [5.74, 6) is -0.354. The fourth-order valence-electron chi connectivity index (χ4n) is 2.98. The molecule has 1 N–H and O–H groups in total. The molecule has 124 valence electrons. The summed E-state index contributed by atoms with van der Waals surface area (Å²) in [6.07, 6.45) is 0. The van der Waals surface area contributed by atoms with E-state index in [9.17, 15) is 9.90 Å². The van der Waals surface area contributed by atoms with Gasteiger partial charge >= 0.3 is 0 Å². The van der Waals surface area contributed by atoms with Crippen molar-refractivity contribution >= 4 is 61.5 Å². The zero-order valence-corrected chi connectivity index (χ0v) is 15.5. The molecule has 1 aliphatic rings. The number of thiocarbonyl (C=S) groups is 1. The lowest BCUT2D eigenvalue weighted by Crippen LogP contribution is -2.32. The molecule has 0 saturated heterocycles. The molecular formula is C18H12BrN3O2S. The number of rotatable bonds is 2. The van der Waals surface area contributed by atoms with Crippen molar-refractivity contribution < 1.29 is 9.90 Å². The van der Waals surface area contributed by atoms with Crippen LogP contribution in [-0.2, 0) is 11.8 Å². The molecule has 5 nitrogen and oxygen atoms in total. The minimum Gasteiger partial charge on any atom is -0.494 e. The molecule has 0 spiro atoms. The summed E-state index contributed by atoms with van der Waals surface area (Å²) >= 11 is 8.67. The Morgan fingerprint density at radius 2 is 1.80 bits per heavy atom. The Kier molecular flexibility index (Phi) is 3.70. The quantitative estimate of drug-likeness (QED) is 0.650. The van der Waals surface area contributed by atoms with Crippen LogP contribution in [0.15, 0.2) is 58.0 Å². The van der Waals surface area contributed by atoms with Crippen LogP contribution >= 0.6 is 28.1 Å². The third-order valence-corrected chi connectivity index (χ3v) is 5.00. The average molecular weight is 414 g/mol. The van der Waals surface area contributed by atoms with E-state index in [1.54, 1.807) is 23.7 Å². The van der Waals surface area contributed by atoms with Crippen LogP contribution in [0.4, 0.5) is 5.69 Å². The third-order valence-electron chi connectivity index (χ3n) is 4.20. The molecule has 0 unspecified atom stereocenters. The van der Waals surface area contributed by atoms with Gasteiger partial charge in [-0.05, 0) is 42.5 Å². The molecule has 3 aromatic rings. The Hall–Kier alpha value is -2.51. The van der Waals surface area contributed by atoms with Crippen LogP contribution in [-0.4, -0.2) is 26.4 Å². The van der Waals surface area contributed by atoms with Crippen LogP contribution in [0, 0.1) is 0 Å². The summed E-state index contributed by atoms with van der Waals surface area (Å²) in [4.78, 5) is 18.6. The van der Waals surface area contributed by atoms with Gasteiger partial charge in [-0.1, -0.05) is 34.1 Å². The summed E-state index contributed by atoms with van der Waals surface area (Å²) in [6, 6.07) is 14.7. The standard InChI is InChI=1S/C18H12BrN3O2S/c1-21-13-5-3-2-4-12(13)14(16(21)23)15-17(24)22(18(25)20-15)11-8-6-10(19)7-9-11/h2-9,23H,1H3. The second-order valence-electron chi connectivity index (χ2n) is 5.63. The molecule has 1 aromatic heterocycles. The van der Waals surface area contributed by atoms with Gasteiger partial charge in [0.1, 0.15) is 5.71 Å². The molecule has 0 saturated carbocycles. The summed E-state index contributed by atoms with van der Waals surface area (Å²) < 4.78 is 2.54. The monoisotopic (exact) mass is 413 g/mol. The fraction of sp³-hybridized carbons (Fsp3) is 0.0556. The van der Waals surface area contributed by atoms with E-state index in [0.29, 0.717) is 11.3 Å². The molecule has 1 amide bonds. The van der Waals surface area contributed by atoms with E-state index >= 15 is 0 Å². The van der Waals surface area contributed by atoms with E-state index in [1.807, 2.05) is 36.4 Å². The lowest BCUT2D eigenvalue weighted by molar-refractivity contribution is -0.111. The van der Waals surface area contributed by atoms with Crippen molar-refractivity contribution in [2.24, 2.45) is 12.0 Å². The number of hydrogen-bond donors (Lipinski definition) is 1. The van der Waals surface area contributed by atoms with Crippen LogP contribution < -0.4 is 4.90 Å². The van der Waals surface area contributed by atoms with E-state index in [2.05, 4.69) is 20.9 Å². The molecule has 0 radical (unpaired) electrons. The van der Waals surface area contributed by atoms with Crippen molar-refractivity contribution in [2.45, 2.75) is 0 Å². The highest BCUT2D eigenvalue weighted by molar-refractivity contribution is 9.10. The Balaban J connectivity index is 1.85. The zero-order chi connectivity index (χ0) is 17.7. The number of aryl methyl sites for hydroxylation is 1. The maximum absolute atomic E-state index is 13.0. The Morgan fingerprint density at radius 1 is 1.12 bits per heavy atom. The van der Waals surface area contributed by atoms with Crippen molar-refractivity contribution in [3.05, 3.63) is 58.6 Å². The predicted octanol–water partition coefficient (Wildman–Crippen LogP) is 3.77. The first-order valence-electron chi connectivity index (χ1n) is 7.48. The van der Waals surface area contributed by atoms with Crippen molar-refractivity contribution in [3.63, 3.8) is 0 Å². The number of carbonyl (C=O) groups excluding carboxylic acids is 1. The summed E-state index contributed by atoms with van der Waals surface area (Å²) in [6.45, 7) is 0. The molecule has 25 heavy (non-hydrogen) atoms. The minimum absolute atomic E-state index is 0.00578. The Morgan fingerprint density at radius 3 is 2.52 bits per heavy atom. The van der Waals surface area contributed by atoms with Crippen LogP contribution in [0.5, 0.6) is 5.88 Å². The van der Waals surface area contributed by atoms with Gasteiger partial charge in [0.05, 0.1) is 16.8 Å². The van der Waals surface area contributed by atoms with Gasteiger partial charge in [0, 0.05) is 16.9 Å². The van der Waals surface area contributed by atoms with E-state index in [1.165, 1.54) is 4.90 Å². The number of carbonyl (C=O) groups is 1. The number of para-hydroxylation sites is 1. The number of aliphatic imine (C=N–C) groups is 1. The molecule has 1 aliphatic heterocycles. The van der Waals surface area contributed by atoms with Crippen molar-refractivity contribution in [1.82, 2.24) is 4.57 Å². The molecule has 0 bridgehead atoms. The van der Waals surface area contributed by atoms with Gasteiger partial charge in [-0.3, -0.25) is 4.79 Å². The van der Waals surface area contributed by atoms with Crippen LogP contribution in [0.3, 0.4) is 0 Å². The summed E-state index contributed by atoms with van der Waals surface area (Å²) in [5.41, 5.74) is 2.02. The molecule has 0 atom stereocenters. The highest BCUT2D eigenvalue weighted by atomic mass is 79.9. The van der Waals surface area contributed by atoms with Gasteiger partial charge in [-0.25, -0.2) is 9.89 Å². The number of amides is 1. The van der Waals surface area contributed by atoms with Gasteiger partial charge in [0.25, 0.3) is 5.91 Å². The van der Waals surface area contributed by atoms with E-state index in [4.69, 9.17) is 12.2 Å². The lowest BCUT2D eigenvalue weighted by atomic mass is 10.1. The second-order valence-corrected chi connectivity index (χ2v) is 6.92. The molecule has 2 heterocycles. The van der Waals surface area contributed by atoms with Gasteiger partial charge < -0.3 is 9.67 Å². The maximum Gasteiger partial charge on any atom is 0.284 e. The normalized spacial score (nSPS) is 14.5. The SMILES string of the molecule is Cn1c(O)c(C2=NC(=S)N(c3ccc(Br)cc3)C2=O)c2ccccc21. The number of benzene rings is 2. The molecule has 2 aromatic carbocycles. The largest absolute Gasteiger partial charge is 0.494 e. The first-order valence-corrected chi connectivity index (χ1v) is 8.68. The predicted molar refractivity (Wildman–Crippen MR) is 105 cm³/mol. The number of anilines is 1. The van der Waals surface area contributed by atoms with Gasteiger partial charge in [-0.2, -0.15) is 0 Å². The maximum atomic E-state index is 13.0. The van der Waals surface area contributed by atoms with Gasteiger partial charge in [0.2, 0.25) is 11.0 Å². The zero-order valence-electron chi connectivity index (χ0n) is 13.1.